The van der Waals surface area contributed by atoms with Crippen LogP contribution in [-0.4, -0.2) is 42.0 Å². The lowest BCUT2D eigenvalue weighted by molar-refractivity contribution is 0.0917. The van der Waals surface area contributed by atoms with Crippen LogP contribution in [0.5, 0.6) is 0 Å². The van der Waals surface area contributed by atoms with E-state index >= 15 is 0 Å². The number of nitrogens with one attached hydrogen (secondary N) is 2. The molecule has 5 nitrogen and oxygen atoms in total. The van der Waals surface area contributed by atoms with Gasteiger partial charge >= 0.3 is 6.03 Å². The van der Waals surface area contributed by atoms with Crippen LogP contribution in [0.25, 0.3) is 0 Å². The molecule has 1 aromatic rings. The van der Waals surface area contributed by atoms with E-state index in [-0.39, 0.29) is 18.0 Å². The predicted molar refractivity (Wildman–Crippen MR) is 93.9 cm³/mol. The van der Waals surface area contributed by atoms with Crippen LogP contribution in [0.1, 0.15) is 55.3 Å². The molecule has 0 aromatic heterocycles. The molecule has 0 radical (unpaired) electrons. The second kappa shape index (κ2) is 8.18. The highest BCUT2D eigenvalue weighted by molar-refractivity contribution is 5.94. The van der Waals surface area contributed by atoms with Gasteiger partial charge in [-0.15, -0.1) is 0 Å². The van der Waals surface area contributed by atoms with Gasteiger partial charge in [-0.05, 0) is 37.8 Å². The minimum atomic E-state index is -0.0271. The van der Waals surface area contributed by atoms with E-state index in [4.69, 9.17) is 0 Å². The highest BCUT2D eigenvalue weighted by Gasteiger charge is 2.25. The molecule has 1 aromatic carbocycles. The smallest absolute Gasteiger partial charge is 0.317 e. The first-order valence-corrected chi connectivity index (χ1v) is 9.14. The molecule has 3 rings (SSSR count). The summed E-state index contributed by atoms with van der Waals surface area (Å²) >= 11 is 0. The van der Waals surface area contributed by atoms with Crippen molar-refractivity contribution < 1.29 is 9.59 Å². The van der Waals surface area contributed by atoms with E-state index in [0.29, 0.717) is 24.7 Å². The minimum Gasteiger partial charge on any atom is -0.349 e. The molecular weight excluding hydrogens is 302 g/mol. The summed E-state index contributed by atoms with van der Waals surface area (Å²) in [5, 5.41) is 6.25. The number of benzene rings is 1. The normalized spacial score (nSPS) is 19.8. The Morgan fingerprint density at radius 3 is 2.12 bits per heavy atom. The molecule has 1 saturated carbocycles. The van der Waals surface area contributed by atoms with Crippen molar-refractivity contribution in [3.05, 3.63) is 35.9 Å². The van der Waals surface area contributed by atoms with Gasteiger partial charge in [0, 0.05) is 30.7 Å². The van der Waals surface area contributed by atoms with Gasteiger partial charge < -0.3 is 15.5 Å². The monoisotopic (exact) mass is 329 g/mol. The maximum Gasteiger partial charge on any atom is 0.317 e. The number of urea groups is 1. The van der Waals surface area contributed by atoms with E-state index in [9.17, 15) is 9.59 Å². The summed E-state index contributed by atoms with van der Waals surface area (Å²) in [6.45, 7) is 1.41. The Morgan fingerprint density at radius 1 is 0.833 bits per heavy atom. The first-order chi connectivity index (χ1) is 11.7. The van der Waals surface area contributed by atoms with Crippen molar-refractivity contribution in [3.8, 4) is 0 Å². The average Bonchev–Trinajstić information content (AvgIpc) is 2.64. The second-order valence-electron chi connectivity index (χ2n) is 6.89. The lowest BCUT2D eigenvalue weighted by Crippen LogP contribution is -2.51. The number of hydrogen-bond acceptors (Lipinski definition) is 2. The molecule has 0 bridgehead atoms. The lowest BCUT2D eigenvalue weighted by Gasteiger charge is -2.34. The van der Waals surface area contributed by atoms with Crippen LogP contribution in [0.3, 0.4) is 0 Å². The molecule has 0 unspecified atom stereocenters. The molecule has 1 heterocycles. The Bertz CT molecular complexity index is 547. The third-order valence-electron chi connectivity index (χ3n) is 5.09. The van der Waals surface area contributed by atoms with Crippen molar-refractivity contribution in [1.29, 1.82) is 0 Å². The third kappa shape index (κ3) is 4.49. The van der Waals surface area contributed by atoms with Gasteiger partial charge in [-0.25, -0.2) is 4.79 Å². The van der Waals surface area contributed by atoms with Gasteiger partial charge in [-0.3, -0.25) is 4.79 Å². The van der Waals surface area contributed by atoms with Crippen molar-refractivity contribution in [2.45, 2.75) is 57.0 Å². The first kappa shape index (κ1) is 16.8. The van der Waals surface area contributed by atoms with Crippen molar-refractivity contribution >= 4 is 11.9 Å². The zero-order chi connectivity index (χ0) is 16.8. The molecule has 2 fully saturated rings. The summed E-state index contributed by atoms with van der Waals surface area (Å²) in [4.78, 5) is 26.4. The molecule has 2 N–H and O–H groups in total. The van der Waals surface area contributed by atoms with E-state index in [1.165, 1.54) is 19.3 Å². The molecule has 0 spiro atoms. The van der Waals surface area contributed by atoms with Crippen LogP contribution in [-0.2, 0) is 0 Å². The summed E-state index contributed by atoms with van der Waals surface area (Å²) < 4.78 is 0. The van der Waals surface area contributed by atoms with Crippen molar-refractivity contribution in [2.75, 3.05) is 13.1 Å². The van der Waals surface area contributed by atoms with Gasteiger partial charge in [0.2, 0.25) is 0 Å². The standard InChI is InChI=1S/C19H27N3O2/c23-18(15-7-3-1-4-8-15)20-17-11-13-22(14-12-17)19(24)21-16-9-5-2-6-10-16/h1,3-4,7-8,16-17H,2,5-6,9-14H2,(H,20,23)(H,21,24). The second-order valence-corrected chi connectivity index (χ2v) is 6.89. The van der Waals surface area contributed by atoms with Crippen LogP contribution in [0.2, 0.25) is 0 Å². The quantitative estimate of drug-likeness (QED) is 0.896. The highest BCUT2D eigenvalue weighted by atomic mass is 16.2. The number of nitrogens with zero attached hydrogens (tertiary/aromatic N) is 1. The van der Waals surface area contributed by atoms with Gasteiger partial charge in [0.25, 0.3) is 5.91 Å². The largest absolute Gasteiger partial charge is 0.349 e. The average molecular weight is 329 g/mol. The lowest BCUT2D eigenvalue weighted by atomic mass is 9.95. The number of carbonyl (C=O) groups excluding carboxylic acids is 2. The number of hydrogen-bond donors (Lipinski definition) is 2. The fourth-order valence-corrected chi connectivity index (χ4v) is 3.60. The van der Waals surface area contributed by atoms with Gasteiger partial charge in [0.05, 0.1) is 0 Å². The van der Waals surface area contributed by atoms with Gasteiger partial charge in [0.1, 0.15) is 0 Å². The maximum absolute atomic E-state index is 12.3. The fraction of sp³-hybridized carbons (Fsp3) is 0.579. The first-order valence-electron chi connectivity index (χ1n) is 9.14. The number of rotatable bonds is 3. The molecule has 3 amide bonds. The minimum absolute atomic E-state index is 0.0271. The van der Waals surface area contributed by atoms with E-state index < -0.39 is 0 Å². The van der Waals surface area contributed by atoms with E-state index in [0.717, 1.165) is 25.7 Å². The Labute approximate surface area is 143 Å². The van der Waals surface area contributed by atoms with Gasteiger partial charge in [-0.2, -0.15) is 0 Å². The topological polar surface area (TPSA) is 61.4 Å². The van der Waals surface area contributed by atoms with Gasteiger partial charge in [0.15, 0.2) is 0 Å². The van der Waals surface area contributed by atoms with Crippen molar-refractivity contribution in [3.63, 3.8) is 0 Å². The van der Waals surface area contributed by atoms with E-state index in [1.807, 2.05) is 35.2 Å². The Balaban J connectivity index is 1.42. The summed E-state index contributed by atoms with van der Waals surface area (Å²) in [7, 11) is 0. The molecular formula is C19H27N3O2. The zero-order valence-corrected chi connectivity index (χ0v) is 14.2. The molecule has 5 heteroatoms. The summed E-state index contributed by atoms with van der Waals surface area (Å²) in [5.74, 6) is -0.0271. The molecule has 2 aliphatic rings. The maximum atomic E-state index is 12.3. The number of piperidine rings is 1. The van der Waals surface area contributed by atoms with Crippen LogP contribution >= 0.6 is 0 Å². The Hall–Kier alpha value is -2.04. The number of carbonyl (C=O) groups is 2. The fourth-order valence-electron chi connectivity index (χ4n) is 3.60. The van der Waals surface area contributed by atoms with Crippen molar-refractivity contribution in [1.82, 2.24) is 15.5 Å². The molecule has 130 valence electrons. The van der Waals surface area contributed by atoms with E-state index in [2.05, 4.69) is 10.6 Å². The molecule has 1 saturated heterocycles. The molecule has 0 atom stereocenters. The summed E-state index contributed by atoms with van der Waals surface area (Å²) in [6, 6.07) is 9.85. The third-order valence-corrected chi connectivity index (χ3v) is 5.09. The SMILES string of the molecule is O=C(NC1CCN(C(=O)NC2CCCCC2)CC1)c1ccccc1. The Kier molecular flexibility index (Phi) is 5.72. The van der Waals surface area contributed by atoms with Crippen molar-refractivity contribution in [2.24, 2.45) is 0 Å². The van der Waals surface area contributed by atoms with Crippen LogP contribution in [0.4, 0.5) is 4.79 Å². The zero-order valence-electron chi connectivity index (χ0n) is 14.2. The van der Waals surface area contributed by atoms with Gasteiger partial charge in [-0.1, -0.05) is 37.5 Å². The predicted octanol–water partition coefficient (Wildman–Crippen LogP) is 2.92. The van der Waals surface area contributed by atoms with Crippen LogP contribution < -0.4 is 10.6 Å². The van der Waals surface area contributed by atoms with E-state index in [1.54, 1.807) is 0 Å². The Morgan fingerprint density at radius 2 is 1.46 bits per heavy atom. The van der Waals surface area contributed by atoms with Crippen LogP contribution in [0.15, 0.2) is 30.3 Å². The molecule has 24 heavy (non-hydrogen) atoms. The number of likely N-dealkylation sites (tertiary alicyclic amines) is 1. The number of amides is 3. The van der Waals surface area contributed by atoms with Crippen LogP contribution in [0, 0.1) is 0 Å². The summed E-state index contributed by atoms with van der Waals surface area (Å²) in [5.41, 5.74) is 0.690. The molecule has 1 aliphatic heterocycles. The highest BCUT2D eigenvalue weighted by Crippen LogP contribution is 2.18. The summed E-state index contributed by atoms with van der Waals surface area (Å²) in [6.07, 6.45) is 7.58. The molecule has 1 aliphatic carbocycles.